The zero-order valence-corrected chi connectivity index (χ0v) is 69.1. The van der Waals surface area contributed by atoms with Gasteiger partial charge < -0.3 is 21.3 Å². The zero-order chi connectivity index (χ0) is 82.7. The predicted molar refractivity (Wildman–Crippen MR) is 483 cm³/mol. The lowest BCUT2D eigenvalue weighted by atomic mass is 9.92. The van der Waals surface area contributed by atoms with E-state index in [1.54, 1.807) is 0 Å². The van der Waals surface area contributed by atoms with E-state index in [1.165, 1.54) is 33.2 Å². The van der Waals surface area contributed by atoms with Crippen LogP contribution in [0.5, 0.6) is 0 Å². The Hall–Kier alpha value is -13.6. The Kier molecular flexibility index (Phi) is 26.8. The van der Waals surface area contributed by atoms with Gasteiger partial charge in [0.05, 0.1) is 58.4 Å². The smallest absolute Gasteiger partial charge is 0.230 e. The fourth-order valence-corrected chi connectivity index (χ4v) is 15.3. The Balaban J connectivity index is 0.000000130. The molecule has 16 heteroatoms. The van der Waals surface area contributed by atoms with Crippen molar-refractivity contribution in [1.82, 2.24) is 39.9 Å². The van der Waals surface area contributed by atoms with Crippen molar-refractivity contribution in [2.75, 3.05) is 21.3 Å². The molecule has 9 aromatic carbocycles. The largest absolute Gasteiger partial charge is 0.309 e. The van der Waals surface area contributed by atoms with E-state index in [4.69, 9.17) is 39.9 Å². The first kappa shape index (κ1) is 81.9. The topological polar surface area (TPSA) is 220 Å². The predicted octanol–water partition coefficient (Wildman–Crippen LogP) is 21.7. The van der Waals surface area contributed by atoms with Gasteiger partial charge in [0.2, 0.25) is 23.6 Å². The van der Waals surface area contributed by atoms with E-state index >= 15 is 0 Å². The van der Waals surface area contributed by atoms with Crippen LogP contribution in [0.1, 0.15) is 165 Å². The fourth-order valence-electron chi connectivity index (χ4n) is 15.3. The molecule has 0 saturated heterocycles. The minimum Gasteiger partial charge on any atom is -0.309 e. The Morgan fingerprint density at radius 1 is 0.277 bits per heavy atom. The van der Waals surface area contributed by atoms with Crippen LogP contribution in [-0.4, -0.2) is 63.5 Å². The number of aromatic nitrogens is 8. The molecule has 4 N–H and O–H groups in total. The molecule has 0 atom stereocenters. The maximum Gasteiger partial charge on any atom is 0.230 e. The van der Waals surface area contributed by atoms with Crippen LogP contribution in [-0.2, 0) is 96.2 Å². The minimum atomic E-state index is -0.0888. The molecule has 4 heterocycles. The summed E-state index contributed by atoms with van der Waals surface area (Å²) in [5.41, 5.74) is 28.9. The average Bonchev–Trinajstić information content (AvgIpc) is 0.792. The number of carbonyl (C=O) groups is 4. The first-order chi connectivity index (χ1) is 57.9. The number of nitrogens with one attached hydrogen (secondary N) is 4. The Morgan fingerprint density at radius 3 is 0.933 bits per heavy atom. The number of rotatable bonds is 19. The van der Waals surface area contributed by atoms with Crippen molar-refractivity contribution in [2.45, 2.75) is 152 Å². The highest BCUT2D eigenvalue weighted by molar-refractivity contribution is 5.96. The lowest BCUT2D eigenvalue weighted by molar-refractivity contribution is -0.117. The molecule has 0 spiro atoms. The molecule has 4 amide bonds. The molecule has 0 aliphatic heterocycles. The van der Waals surface area contributed by atoms with Crippen molar-refractivity contribution < 1.29 is 19.2 Å². The molecule has 0 saturated carbocycles. The quantitative estimate of drug-likeness (QED) is 0.0594. The van der Waals surface area contributed by atoms with Crippen LogP contribution >= 0.6 is 0 Å². The summed E-state index contributed by atoms with van der Waals surface area (Å²) in [6.07, 6.45) is 18.9. The van der Waals surface area contributed by atoms with E-state index in [2.05, 4.69) is 130 Å². The number of anilines is 4. The van der Waals surface area contributed by atoms with Gasteiger partial charge in [-0.05, 0) is 206 Å². The summed E-state index contributed by atoms with van der Waals surface area (Å²) in [4.78, 5) is 89.7. The molecule has 4 aliphatic rings. The molecule has 596 valence electrons. The summed E-state index contributed by atoms with van der Waals surface area (Å²) in [6, 6.07) is 77.8. The van der Waals surface area contributed by atoms with Crippen LogP contribution in [0, 0.1) is 0 Å². The molecular weight excluding hydrogens is 1470 g/mol. The Labute approximate surface area is 697 Å². The van der Waals surface area contributed by atoms with Crippen LogP contribution in [0.25, 0.3) is 80.1 Å². The summed E-state index contributed by atoms with van der Waals surface area (Å²) in [5.74, 6) is 1.98. The number of allylic oxidation sites excluding steroid dienone is 4. The maximum atomic E-state index is 12.9. The monoisotopic (exact) mass is 1570 g/mol. The van der Waals surface area contributed by atoms with Crippen molar-refractivity contribution in [3.05, 3.63) is 343 Å². The van der Waals surface area contributed by atoms with E-state index in [1.807, 2.05) is 201 Å². The fraction of sp³-hybridized carbons (Fsp3) is 0.223. The summed E-state index contributed by atoms with van der Waals surface area (Å²) in [5, 5.41) is 14.3. The normalized spacial score (nSPS) is 12.0. The SMILES string of the molecule is CC(C)=Cc1nc2c(nc1NC(=O)CCCc1ccccc1)CCc1ccccc1-2.CC(C)=Cc1nc2c(nc1NC(=O)CCc1ccccc1)CCc1ccccc1-2.CC(C)=Cc1nc2c(nc1NC(=O)Cc1ccc3ccccc3c1)CCc1ccccc1-2.CC(C)=Cc1nc2c(nc1NC(=O)Cc1ccccc1)CCc1ccccc1-2. The highest BCUT2D eigenvalue weighted by Crippen LogP contribution is 2.38. The molecule has 0 radical (unpaired) electrons. The van der Waals surface area contributed by atoms with Gasteiger partial charge in [0.1, 0.15) is 22.8 Å². The number of aryl methyl sites for hydroxylation is 10. The van der Waals surface area contributed by atoms with Crippen LogP contribution < -0.4 is 21.3 Å². The third-order valence-corrected chi connectivity index (χ3v) is 20.9. The molecule has 0 bridgehead atoms. The van der Waals surface area contributed by atoms with Crippen molar-refractivity contribution in [3.8, 4) is 45.0 Å². The van der Waals surface area contributed by atoms with E-state index in [0.717, 1.165) is 182 Å². The number of carbonyl (C=O) groups excluding carboxylic acids is 4. The van der Waals surface area contributed by atoms with Gasteiger partial charge >= 0.3 is 0 Å². The van der Waals surface area contributed by atoms with Crippen LogP contribution in [0.15, 0.2) is 253 Å². The van der Waals surface area contributed by atoms with Gasteiger partial charge in [0.15, 0.2) is 23.3 Å². The molecule has 4 aromatic heterocycles. The summed E-state index contributed by atoms with van der Waals surface area (Å²) < 4.78 is 0. The highest BCUT2D eigenvalue weighted by Gasteiger charge is 2.27. The van der Waals surface area contributed by atoms with Crippen molar-refractivity contribution >= 4 is 82.0 Å². The van der Waals surface area contributed by atoms with Gasteiger partial charge in [0, 0.05) is 35.1 Å². The van der Waals surface area contributed by atoms with Gasteiger partial charge in [-0.1, -0.05) is 253 Å². The van der Waals surface area contributed by atoms with Crippen LogP contribution in [0.2, 0.25) is 0 Å². The third kappa shape index (κ3) is 21.5. The second-order valence-electron chi connectivity index (χ2n) is 31.6. The standard InChI is InChI=1S/C28H25N3O.C26H27N3O.C25H25N3O.C24H23N3O/c1-18(2)15-25-28(30-24-14-13-21-8-5-6-10-23(21)27(24)29-25)31-26(32)17-19-11-12-20-7-3-4-9-22(20)16-19;1-18(2)17-23-26(29-24(30)14-8-11-19-9-4-3-5-10-19)28-22-16-15-20-12-6-7-13-21(20)25(22)27-23;1-17(2)16-22-25(28-23(29)15-12-18-8-4-3-5-9-18)27-21-14-13-19-10-6-7-11-20(19)24(21)26-22;1-16(2)14-21-24(27-22(28)15-17-8-4-3-5-9-17)26-20-13-12-18-10-6-7-11-19(18)23(20)25-21/h3-12,15-16H,13-14,17H2,1-2H3,(H,30,31,32);3-7,9-10,12-13,17H,8,11,14-16H2,1-2H3,(H,28,29,30);3-11,16H,12-15H2,1-2H3,(H,27,28,29);3-11,14H,12-13,15H2,1-2H3,(H,26,27,28). The second kappa shape index (κ2) is 38.9. The van der Waals surface area contributed by atoms with Gasteiger partial charge in [-0.15, -0.1) is 0 Å². The van der Waals surface area contributed by atoms with Crippen molar-refractivity contribution in [1.29, 1.82) is 0 Å². The first-order valence-electron chi connectivity index (χ1n) is 41.2. The Morgan fingerprint density at radius 2 is 0.571 bits per heavy atom. The molecule has 119 heavy (non-hydrogen) atoms. The van der Waals surface area contributed by atoms with Crippen LogP contribution in [0.4, 0.5) is 23.3 Å². The Bertz CT molecular complexity index is 6030. The summed E-state index contributed by atoms with van der Waals surface area (Å²) >= 11 is 0. The first-order valence-corrected chi connectivity index (χ1v) is 41.2. The van der Waals surface area contributed by atoms with Gasteiger partial charge in [-0.25, -0.2) is 39.9 Å². The molecular formula is C103H100N12O4. The lowest BCUT2D eigenvalue weighted by Gasteiger charge is -2.20. The van der Waals surface area contributed by atoms with E-state index < -0.39 is 0 Å². The molecule has 16 nitrogen and oxygen atoms in total. The molecule has 17 rings (SSSR count). The van der Waals surface area contributed by atoms with Crippen molar-refractivity contribution in [3.63, 3.8) is 0 Å². The number of fused-ring (bicyclic) bond motifs is 13. The molecule has 13 aromatic rings. The second-order valence-corrected chi connectivity index (χ2v) is 31.6. The van der Waals surface area contributed by atoms with Gasteiger partial charge in [-0.3, -0.25) is 19.2 Å². The van der Waals surface area contributed by atoms with E-state index in [0.29, 0.717) is 72.5 Å². The zero-order valence-electron chi connectivity index (χ0n) is 69.1. The number of benzene rings is 9. The van der Waals surface area contributed by atoms with Gasteiger partial charge in [-0.2, -0.15) is 0 Å². The van der Waals surface area contributed by atoms with Crippen LogP contribution in [0.3, 0.4) is 0 Å². The molecule has 0 fully saturated rings. The number of hydrogen-bond donors (Lipinski definition) is 4. The van der Waals surface area contributed by atoms with E-state index in [-0.39, 0.29) is 23.6 Å². The van der Waals surface area contributed by atoms with E-state index in [9.17, 15) is 19.2 Å². The molecule has 0 unspecified atom stereocenters. The number of amides is 4. The van der Waals surface area contributed by atoms with Gasteiger partial charge in [0.25, 0.3) is 0 Å². The summed E-state index contributed by atoms with van der Waals surface area (Å²) in [7, 11) is 0. The number of nitrogens with zero attached hydrogens (tertiary/aromatic N) is 8. The summed E-state index contributed by atoms with van der Waals surface area (Å²) in [6.45, 7) is 16.2. The maximum absolute atomic E-state index is 12.9. The highest BCUT2D eigenvalue weighted by atomic mass is 16.2. The average molecular weight is 1570 g/mol. The minimum absolute atomic E-state index is 0.0141. The van der Waals surface area contributed by atoms with Crippen molar-refractivity contribution in [2.24, 2.45) is 0 Å². The number of hydrogen-bond acceptors (Lipinski definition) is 12. The molecule has 4 aliphatic carbocycles. The third-order valence-electron chi connectivity index (χ3n) is 20.9. The lowest BCUT2D eigenvalue weighted by Crippen LogP contribution is -2.19.